The summed E-state index contributed by atoms with van der Waals surface area (Å²) in [5.74, 6) is 0.178. The van der Waals surface area contributed by atoms with Gasteiger partial charge in [0.2, 0.25) is 0 Å². The summed E-state index contributed by atoms with van der Waals surface area (Å²) >= 11 is 0. The van der Waals surface area contributed by atoms with E-state index in [9.17, 15) is 9.90 Å². The largest absolute Gasteiger partial charge is 0.494 e. The number of aliphatic carboxylic acids is 1. The summed E-state index contributed by atoms with van der Waals surface area (Å²) in [4.78, 5) is 11.5. The zero-order chi connectivity index (χ0) is 21.8. The smallest absolute Gasteiger partial charge is 0.340 e. The van der Waals surface area contributed by atoms with Crippen molar-refractivity contribution in [1.29, 1.82) is 0 Å². The molecular weight excluding hydrogens is 388 g/mol. The van der Waals surface area contributed by atoms with Gasteiger partial charge in [-0.05, 0) is 66.1 Å². The van der Waals surface area contributed by atoms with E-state index in [1.807, 2.05) is 0 Å². The second kappa shape index (κ2) is 8.94. The molecule has 0 saturated carbocycles. The van der Waals surface area contributed by atoms with Crippen molar-refractivity contribution in [2.24, 2.45) is 0 Å². The van der Waals surface area contributed by atoms with Crippen molar-refractivity contribution >= 4 is 5.97 Å². The first-order valence-electron chi connectivity index (χ1n) is 10.7. The van der Waals surface area contributed by atoms with Crippen molar-refractivity contribution in [2.75, 3.05) is 13.7 Å². The van der Waals surface area contributed by atoms with Gasteiger partial charge in [0.05, 0.1) is 6.61 Å². The van der Waals surface area contributed by atoms with Gasteiger partial charge in [0, 0.05) is 13.0 Å². The molecule has 0 aliphatic heterocycles. The van der Waals surface area contributed by atoms with Gasteiger partial charge in [0.1, 0.15) is 5.75 Å². The zero-order valence-corrected chi connectivity index (χ0v) is 18.0. The zero-order valence-electron chi connectivity index (χ0n) is 18.0. The Balaban J connectivity index is 1.31. The lowest BCUT2D eigenvalue weighted by Gasteiger charge is -2.23. The predicted molar refractivity (Wildman–Crippen MR) is 122 cm³/mol. The maximum Gasteiger partial charge on any atom is 0.340 e. The summed E-state index contributed by atoms with van der Waals surface area (Å²) in [6.07, 6.45) is 3.14. The molecule has 1 unspecified atom stereocenters. The van der Waals surface area contributed by atoms with Gasteiger partial charge in [-0.3, -0.25) is 0 Å². The second-order valence-electron chi connectivity index (χ2n) is 8.14. The summed E-state index contributed by atoms with van der Waals surface area (Å²) in [6, 6.07) is 24.5. The van der Waals surface area contributed by atoms with Gasteiger partial charge in [0.15, 0.2) is 5.60 Å². The molecule has 0 bridgehead atoms. The quantitative estimate of drug-likeness (QED) is 0.435. The maximum atomic E-state index is 11.5. The van der Waals surface area contributed by atoms with Gasteiger partial charge in [-0.25, -0.2) is 4.79 Å². The highest BCUT2D eigenvalue weighted by atomic mass is 16.5. The molecule has 0 amide bonds. The normalized spacial score (nSPS) is 14.5. The van der Waals surface area contributed by atoms with Crippen LogP contribution in [0.1, 0.15) is 48.8 Å². The average molecular weight is 417 g/mol. The molecule has 1 aliphatic carbocycles. The van der Waals surface area contributed by atoms with Gasteiger partial charge in [0.25, 0.3) is 0 Å². The molecule has 4 nitrogen and oxygen atoms in total. The first-order chi connectivity index (χ1) is 15.0. The molecule has 0 saturated heterocycles. The number of fused-ring (bicyclic) bond motifs is 3. The van der Waals surface area contributed by atoms with Crippen molar-refractivity contribution in [2.45, 2.75) is 37.7 Å². The van der Waals surface area contributed by atoms with Crippen molar-refractivity contribution in [1.82, 2.24) is 0 Å². The molecule has 3 aromatic carbocycles. The Hall–Kier alpha value is -3.11. The number of carboxylic acids is 1. The van der Waals surface area contributed by atoms with Gasteiger partial charge in [-0.1, -0.05) is 60.7 Å². The van der Waals surface area contributed by atoms with Crippen LogP contribution in [0.15, 0.2) is 72.8 Å². The van der Waals surface area contributed by atoms with Crippen molar-refractivity contribution < 1.29 is 19.4 Å². The van der Waals surface area contributed by atoms with Crippen molar-refractivity contribution in [3.8, 4) is 16.9 Å². The van der Waals surface area contributed by atoms with E-state index < -0.39 is 11.6 Å². The second-order valence-corrected chi connectivity index (χ2v) is 8.14. The van der Waals surface area contributed by atoms with Gasteiger partial charge < -0.3 is 14.6 Å². The molecular formula is C27H28O4. The highest BCUT2D eigenvalue weighted by molar-refractivity contribution is 5.79. The van der Waals surface area contributed by atoms with Crippen LogP contribution in [0.2, 0.25) is 0 Å². The SMILES string of the molecule is COC(C)(C(=O)O)c1ccc(OCCCCC2c3ccccc3-c3ccccc32)cc1. The van der Waals surface area contributed by atoms with E-state index in [0.29, 0.717) is 18.1 Å². The Labute approximate surface area is 183 Å². The van der Waals surface area contributed by atoms with Crippen LogP contribution in [-0.4, -0.2) is 24.8 Å². The highest BCUT2D eigenvalue weighted by Crippen LogP contribution is 2.46. The lowest BCUT2D eigenvalue weighted by Crippen LogP contribution is -2.34. The molecule has 0 fully saturated rings. The standard InChI is InChI=1S/C27H28O4/c1-27(30-2,26(28)29)19-14-16-20(17-15-19)31-18-8-7-13-25-23-11-5-3-9-21(23)22-10-4-6-12-24(22)25/h3-6,9-12,14-17,25H,7-8,13,18H2,1-2H3,(H,28,29). The van der Waals surface area contributed by atoms with Crippen LogP contribution >= 0.6 is 0 Å². The molecule has 0 radical (unpaired) electrons. The molecule has 0 spiro atoms. The first kappa shape index (κ1) is 21.1. The van der Waals surface area contributed by atoms with Crippen LogP contribution in [0, 0.1) is 0 Å². The monoisotopic (exact) mass is 416 g/mol. The van der Waals surface area contributed by atoms with Crippen LogP contribution in [0.25, 0.3) is 11.1 Å². The summed E-state index contributed by atoms with van der Waals surface area (Å²) in [7, 11) is 1.40. The molecule has 1 N–H and O–H groups in total. The summed E-state index contributed by atoms with van der Waals surface area (Å²) < 4.78 is 11.1. The summed E-state index contributed by atoms with van der Waals surface area (Å²) in [5.41, 5.74) is 4.83. The molecule has 1 aliphatic rings. The minimum atomic E-state index is -1.35. The molecule has 0 aromatic heterocycles. The van der Waals surface area contributed by atoms with Crippen LogP contribution in [0.5, 0.6) is 5.75 Å². The fourth-order valence-electron chi connectivity index (χ4n) is 4.41. The molecule has 4 rings (SSSR count). The lowest BCUT2D eigenvalue weighted by atomic mass is 9.92. The fourth-order valence-corrected chi connectivity index (χ4v) is 4.41. The van der Waals surface area contributed by atoms with Crippen LogP contribution in [0.3, 0.4) is 0 Å². The molecule has 4 heteroatoms. The Morgan fingerprint density at radius 2 is 1.48 bits per heavy atom. The van der Waals surface area contributed by atoms with Crippen molar-refractivity contribution in [3.63, 3.8) is 0 Å². The number of ether oxygens (including phenoxy) is 2. The van der Waals surface area contributed by atoms with Crippen LogP contribution in [0.4, 0.5) is 0 Å². The molecule has 3 aromatic rings. The van der Waals surface area contributed by atoms with E-state index in [2.05, 4.69) is 48.5 Å². The maximum absolute atomic E-state index is 11.5. The number of carbonyl (C=O) groups is 1. The van der Waals surface area contributed by atoms with Gasteiger partial charge >= 0.3 is 5.97 Å². The van der Waals surface area contributed by atoms with E-state index in [4.69, 9.17) is 9.47 Å². The number of hydrogen-bond donors (Lipinski definition) is 1. The molecule has 0 heterocycles. The van der Waals surface area contributed by atoms with Gasteiger partial charge in [-0.2, -0.15) is 0 Å². The van der Waals surface area contributed by atoms with Crippen molar-refractivity contribution in [3.05, 3.63) is 89.5 Å². The summed E-state index contributed by atoms with van der Waals surface area (Å²) in [5, 5.41) is 9.41. The number of rotatable bonds is 9. The van der Waals surface area contributed by atoms with Gasteiger partial charge in [-0.15, -0.1) is 0 Å². The Morgan fingerprint density at radius 1 is 0.903 bits per heavy atom. The summed E-state index contributed by atoms with van der Waals surface area (Å²) in [6.45, 7) is 2.18. The topological polar surface area (TPSA) is 55.8 Å². The third kappa shape index (κ3) is 4.08. The highest BCUT2D eigenvalue weighted by Gasteiger charge is 2.35. The Bertz CT molecular complexity index is 1010. The third-order valence-corrected chi connectivity index (χ3v) is 6.34. The number of unbranched alkanes of at least 4 members (excludes halogenated alkanes) is 1. The van der Waals surface area contributed by atoms with Crippen LogP contribution in [-0.2, 0) is 15.1 Å². The Morgan fingerprint density at radius 3 is 2.03 bits per heavy atom. The fraction of sp³-hybridized carbons (Fsp3) is 0.296. The number of benzene rings is 3. The number of hydrogen-bond acceptors (Lipinski definition) is 3. The van der Waals surface area contributed by atoms with E-state index >= 15 is 0 Å². The third-order valence-electron chi connectivity index (χ3n) is 6.34. The van der Waals surface area contributed by atoms with E-state index in [-0.39, 0.29) is 0 Å². The first-order valence-corrected chi connectivity index (χ1v) is 10.7. The number of methoxy groups -OCH3 is 1. The Kier molecular flexibility index (Phi) is 6.10. The molecule has 31 heavy (non-hydrogen) atoms. The molecule has 160 valence electrons. The minimum Gasteiger partial charge on any atom is -0.494 e. The molecule has 1 atom stereocenters. The average Bonchev–Trinajstić information content (AvgIpc) is 3.12. The van der Waals surface area contributed by atoms with Crippen LogP contribution < -0.4 is 4.74 Å². The minimum absolute atomic E-state index is 0.453. The predicted octanol–water partition coefficient (Wildman–Crippen LogP) is 5.99. The van der Waals surface area contributed by atoms with E-state index in [0.717, 1.165) is 25.0 Å². The van der Waals surface area contributed by atoms with E-state index in [1.165, 1.54) is 29.4 Å². The lowest BCUT2D eigenvalue weighted by molar-refractivity contribution is -0.161. The van der Waals surface area contributed by atoms with E-state index in [1.54, 1.807) is 31.2 Å². The number of carboxylic acid groups (broad SMARTS) is 1.